The van der Waals surface area contributed by atoms with Crippen molar-refractivity contribution in [3.8, 4) is 0 Å². The zero-order chi connectivity index (χ0) is 10.6. The first-order valence-electron chi connectivity index (χ1n) is 3.86. The molecule has 0 bridgehead atoms. The van der Waals surface area contributed by atoms with Crippen molar-refractivity contribution < 1.29 is 9.63 Å². The van der Waals surface area contributed by atoms with Gasteiger partial charge in [-0.3, -0.25) is 0 Å². The molecule has 0 aliphatic heterocycles. The number of benzene rings is 1. The largest absolute Gasteiger partial charge is 0.380 e. The SMILES string of the molecule is CC(=O)O/N=C(\N)c1cccc(Br)c1. The second kappa shape index (κ2) is 4.76. The molecule has 0 unspecified atom stereocenters. The standard InChI is InChI=1S/C9H9BrN2O2/c1-6(13)14-12-9(11)7-3-2-4-8(10)5-7/h2-5H,1H3,(H2,11,12). The molecule has 5 heteroatoms. The van der Waals surface area contributed by atoms with E-state index in [1.165, 1.54) is 6.92 Å². The summed E-state index contributed by atoms with van der Waals surface area (Å²) in [6, 6.07) is 7.23. The molecule has 0 radical (unpaired) electrons. The number of rotatable bonds is 2. The van der Waals surface area contributed by atoms with Crippen molar-refractivity contribution in [2.45, 2.75) is 6.92 Å². The number of nitrogens with zero attached hydrogens (tertiary/aromatic N) is 1. The minimum Gasteiger partial charge on any atom is -0.380 e. The number of oxime groups is 1. The van der Waals surface area contributed by atoms with Crippen LogP contribution >= 0.6 is 15.9 Å². The number of hydrogen-bond donors (Lipinski definition) is 1. The number of carbonyl (C=O) groups excluding carboxylic acids is 1. The topological polar surface area (TPSA) is 64.7 Å². The third-order valence-corrected chi connectivity index (χ3v) is 1.89. The first-order valence-corrected chi connectivity index (χ1v) is 4.66. The molecule has 74 valence electrons. The third kappa shape index (κ3) is 3.18. The fourth-order valence-electron chi connectivity index (χ4n) is 0.814. The van der Waals surface area contributed by atoms with Gasteiger partial charge >= 0.3 is 5.97 Å². The molecule has 1 rings (SSSR count). The van der Waals surface area contributed by atoms with Crippen molar-refractivity contribution in [2.24, 2.45) is 10.9 Å². The van der Waals surface area contributed by atoms with Crippen LogP contribution in [0, 0.1) is 0 Å². The Bertz CT molecular complexity index is 377. The average molecular weight is 257 g/mol. The van der Waals surface area contributed by atoms with E-state index >= 15 is 0 Å². The summed E-state index contributed by atoms with van der Waals surface area (Å²) in [5, 5.41) is 3.46. The second-order valence-electron chi connectivity index (χ2n) is 2.57. The third-order valence-electron chi connectivity index (χ3n) is 1.39. The Labute approximate surface area is 89.9 Å². The lowest BCUT2D eigenvalue weighted by molar-refractivity contribution is -0.140. The van der Waals surface area contributed by atoms with E-state index in [0.717, 1.165) is 4.47 Å². The Balaban J connectivity index is 2.83. The highest BCUT2D eigenvalue weighted by atomic mass is 79.9. The average Bonchev–Trinajstić information content (AvgIpc) is 2.14. The maximum Gasteiger partial charge on any atom is 0.332 e. The molecule has 14 heavy (non-hydrogen) atoms. The normalized spacial score (nSPS) is 11.1. The number of amidine groups is 1. The molecule has 1 aromatic carbocycles. The molecule has 0 fully saturated rings. The van der Waals surface area contributed by atoms with Crippen LogP contribution in [0.5, 0.6) is 0 Å². The Morgan fingerprint density at radius 1 is 1.57 bits per heavy atom. The fraction of sp³-hybridized carbons (Fsp3) is 0.111. The highest BCUT2D eigenvalue weighted by Crippen LogP contribution is 2.11. The minimum atomic E-state index is -0.497. The Kier molecular flexibility index (Phi) is 3.64. The van der Waals surface area contributed by atoms with E-state index in [9.17, 15) is 4.79 Å². The summed E-state index contributed by atoms with van der Waals surface area (Å²) in [4.78, 5) is 14.9. The van der Waals surface area contributed by atoms with E-state index in [1.807, 2.05) is 12.1 Å². The molecule has 0 saturated carbocycles. The summed E-state index contributed by atoms with van der Waals surface area (Å²) in [6.07, 6.45) is 0. The second-order valence-corrected chi connectivity index (χ2v) is 3.49. The van der Waals surface area contributed by atoms with Crippen LogP contribution in [0.25, 0.3) is 0 Å². The Morgan fingerprint density at radius 2 is 2.29 bits per heavy atom. The molecule has 2 N–H and O–H groups in total. The molecule has 0 heterocycles. The van der Waals surface area contributed by atoms with Crippen LogP contribution in [-0.2, 0) is 9.63 Å². The summed E-state index contributed by atoms with van der Waals surface area (Å²) in [5.41, 5.74) is 6.26. The van der Waals surface area contributed by atoms with Gasteiger partial charge in [0.1, 0.15) is 0 Å². The maximum absolute atomic E-state index is 10.5. The zero-order valence-corrected chi connectivity index (χ0v) is 9.11. The smallest absolute Gasteiger partial charge is 0.332 e. The lowest BCUT2D eigenvalue weighted by atomic mass is 10.2. The van der Waals surface area contributed by atoms with Gasteiger partial charge in [-0.1, -0.05) is 33.2 Å². The predicted molar refractivity (Wildman–Crippen MR) is 56.6 cm³/mol. The van der Waals surface area contributed by atoms with Crippen LogP contribution in [0.1, 0.15) is 12.5 Å². The van der Waals surface area contributed by atoms with Crippen LogP contribution in [0.4, 0.5) is 0 Å². The number of hydrogen-bond acceptors (Lipinski definition) is 3. The van der Waals surface area contributed by atoms with Crippen LogP contribution < -0.4 is 5.73 Å². The van der Waals surface area contributed by atoms with Crippen molar-refractivity contribution in [3.63, 3.8) is 0 Å². The highest BCUT2D eigenvalue weighted by molar-refractivity contribution is 9.10. The minimum absolute atomic E-state index is 0.168. The Hall–Kier alpha value is -1.36. The molecule has 0 amide bonds. The molecular weight excluding hydrogens is 248 g/mol. The van der Waals surface area contributed by atoms with Crippen LogP contribution in [0.2, 0.25) is 0 Å². The maximum atomic E-state index is 10.5. The molecular formula is C9H9BrN2O2. The van der Waals surface area contributed by atoms with Crippen molar-refractivity contribution >= 4 is 27.7 Å². The lowest BCUT2D eigenvalue weighted by Gasteiger charge is -1.99. The highest BCUT2D eigenvalue weighted by Gasteiger charge is 2.00. The zero-order valence-electron chi connectivity index (χ0n) is 7.53. The summed E-state index contributed by atoms with van der Waals surface area (Å²) in [7, 11) is 0. The van der Waals surface area contributed by atoms with Gasteiger partial charge in [-0.2, -0.15) is 0 Å². The first kappa shape index (κ1) is 10.7. The number of halogens is 1. The van der Waals surface area contributed by atoms with E-state index in [4.69, 9.17) is 5.73 Å². The summed E-state index contributed by atoms with van der Waals surface area (Å²) < 4.78 is 0.885. The molecule has 0 aliphatic carbocycles. The monoisotopic (exact) mass is 256 g/mol. The van der Waals surface area contributed by atoms with Gasteiger partial charge in [0.15, 0.2) is 5.84 Å². The van der Waals surface area contributed by atoms with Crippen molar-refractivity contribution in [1.29, 1.82) is 0 Å². The number of nitrogens with two attached hydrogens (primary N) is 1. The van der Waals surface area contributed by atoms with E-state index in [0.29, 0.717) is 5.56 Å². The molecule has 4 nitrogen and oxygen atoms in total. The summed E-state index contributed by atoms with van der Waals surface area (Å²) in [6.45, 7) is 1.26. The van der Waals surface area contributed by atoms with Crippen LogP contribution in [0.3, 0.4) is 0 Å². The van der Waals surface area contributed by atoms with Gasteiger partial charge in [-0.25, -0.2) is 4.79 Å². The fourth-order valence-corrected chi connectivity index (χ4v) is 1.21. The Morgan fingerprint density at radius 3 is 2.86 bits per heavy atom. The van der Waals surface area contributed by atoms with Crippen molar-refractivity contribution in [2.75, 3.05) is 0 Å². The lowest BCUT2D eigenvalue weighted by Crippen LogP contribution is -2.14. The van der Waals surface area contributed by atoms with E-state index < -0.39 is 5.97 Å². The predicted octanol–water partition coefficient (Wildman–Crippen LogP) is 1.63. The van der Waals surface area contributed by atoms with Gasteiger partial charge in [0.25, 0.3) is 0 Å². The van der Waals surface area contributed by atoms with Gasteiger partial charge < -0.3 is 10.6 Å². The molecule has 1 aromatic rings. The van der Waals surface area contributed by atoms with Crippen molar-refractivity contribution in [1.82, 2.24) is 0 Å². The van der Waals surface area contributed by atoms with E-state index in [2.05, 4.69) is 25.9 Å². The molecule has 0 atom stereocenters. The summed E-state index contributed by atoms with van der Waals surface area (Å²) >= 11 is 3.29. The number of carbonyl (C=O) groups is 1. The van der Waals surface area contributed by atoms with E-state index in [-0.39, 0.29) is 5.84 Å². The van der Waals surface area contributed by atoms with Crippen molar-refractivity contribution in [3.05, 3.63) is 34.3 Å². The van der Waals surface area contributed by atoms with Gasteiger partial charge in [0.05, 0.1) is 0 Å². The first-order chi connectivity index (χ1) is 6.59. The molecule has 0 spiro atoms. The summed E-state index contributed by atoms with van der Waals surface area (Å²) in [5.74, 6) is -0.329. The van der Waals surface area contributed by atoms with Gasteiger partial charge in [0, 0.05) is 17.0 Å². The molecule has 0 saturated heterocycles. The van der Waals surface area contributed by atoms with Crippen LogP contribution in [0.15, 0.2) is 33.9 Å². The van der Waals surface area contributed by atoms with Gasteiger partial charge in [-0.05, 0) is 12.1 Å². The van der Waals surface area contributed by atoms with E-state index in [1.54, 1.807) is 12.1 Å². The van der Waals surface area contributed by atoms with Gasteiger partial charge in [0.2, 0.25) is 0 Å². The van der Waals surface area contributed by atoms with Crippen LogP contribution in [-0.4, -0.2) is 11.8 Å². The quantitative estimate of drug-likeness (QED) is 0.379. The molecule has 0 aromatic heterocycles. The van der Waals surface area contributed by atoms with Gasteiger partial charge in [-0.15, -0.1) is 0 Å². The molecule has 0 aliphatic rings.